The highest BCUT2D eigenvalue weighted by Crippen LogP contribution is 2.15. The van der Waals surface area contributed by atoms with Crippen LogP contribution in [0.3, 0.4) is 0 Å². The number of benzene rings is 2. The second-order valence-electron chi connectivity index (χ2n) is 4.64. The van der Waals surface area contributed by atoms with Crippen molar-refractivity contribution in [2.45, 2.75) is 0 Å². The Bertz CT molecular complexity index is 840. The van der Waals surface area contributed by atoms with Gasteiger partial charge in [0, 0.05) is 29.8 Å². The minimum Gasteiger partial charge on any atom is -0.299 e. The average Bonchev–Trinajstić information content (AvgIpc) is 2.60. The van der Waals surface area contributed by atoms with E-state index in [9.17, 15) is 25.0 Å². The first kappa shape index (κ1) is 17.7. The molecule has 0 fully saturated rings. The largest absolute Gasteiger partial charge is 0.299 e. The summed E-state index contributed by atoms with van der Waals surface area (Å²) < 4.78 is 0. The highest BCUT2D eigenvalue weighted by atomic mass is 32.1. The molecule has 25 heavy (non-hydrogen) atoms. The second-order valence-corrected chi connectivity index (χ2v) is 5.05. The van der Waals surface area contributed by atoms with E-state index in [4.69, 9.17) is 12.2 Å². The van der Waals surface area contributed by atoms with Crippen LogP contribution in [0.5, 0.6) is 0 Å². The number of carbonyl (C=O) groups excluding carboxylic acids is 1. The van der Waals surface area contributed by atoms with Crippen molar-refractivity contribution in [2.24, 2.45) is 0 Å². The fourth-order valence-electron chi connectivity index (χ4n) is 1.76. The molecule has 0 aromatic heterocycles. The van der Waals surface area contributed by atoms with E-state index in [1.165, 1.54) is 42.5 Å². The number of nitro benzene ring substituents is 2. The van der Waals surface area contributed by atoms with Gasteiger partial charge in [0.25, 0.3) is 17.3 Å². The summed E-state index contributed by atoms with van der Waals surface area (Å²) in [7, 11) is 0. The Kier molecular flexibility index (Phi) is 5.53. The number of rotatable bonds is 5. The van der Waals surface area contributed by atoms with E-state index in [1.807, 2.05) is 0 Å². The molecule has 1 amide bonds. The predicted octanol–water partition coefficient (Wildman–Crippen LogP) is 2.13. The lowest BCUT2D eigenvalue weighted by Crippen LogP contribution is -2.41. The van der Waals surface area contributed by atoms with Crippen LogP contribution in [0, 0.1) is 20.2 Å². The summed E-state index contributed by atoms with van der Waals surface area (Å²) in [4.78, 5) is 32.1. The topological polar surface area (TPSA) is 139 Å². The summed E-state index contributed by atoms with van der Waals surface area (Å²) in [5.41, 5.74) is 5.48. The lowest BCUT2D eigenvalue weighted by atomic mass is 10.2. The number of nitrogens with zero attached hydrogens (tertiary/aromatic N) is 2. The first-order chi connectivity index (χ1) is 11.9. The molecular formula is C14H11N5O5S. The molecule has 10 nitrogen and oxygen atoms in total. The highest BCUT2D eigenvalue weighted by molar-refractivity contribution is 7.80. The molecule has 0 aliphatic carbocycles. The number of nitro groups is 2. The van der Waals surface area contributed by atoms with Gasteiger partial charge >= 0.3 is 0 Å². The van der Waals surface area contributed by atoms with Crippen LogP contribution in [-0.4, -0.2) is 20.9 Å². The third kappa shape index (κ3) is 4.94. The smallest absolute Gasteiger partial charge is 0.270 e. The molecule has 11 heteroatoms. The fourth-order valence-corrected chi connectivity index (χ4v) is 1.91. The minimum absolute atomic E-state index is 0.0629. The molecular weight excluding hydrogens is 350 g/mol. The molecule has 2 aromatic rings. The Balaban J connectivity index is 1.91. The van der Waals surface area contributed by atoms with Gasteiger partial charge in [-0.2, -0.15) is 0 Å². The normalized spacial score (nSPS) is 9.76. The molecule has 2 aromatic carbocycles. The Morgan fingerprint density at radius 1 is 0.960 bits per heavy atom. The van der Waals surface area contributed by atoms with Crippen LogP contribution in [0.25, 0.3) is 0 Å². The van der Waals surface area contributed by atoms with Crippen LogP contribution in [0.1, 0.15) is 10.4 Å². The number of non-ortho nitro benzene ring substituents is 2. The number of hydrogen-bond donors (Lipinski definition) is 3. The molecule has 0 atom stereocenters. The van der Waals surface area contributed by atoms with Gasteiger partial charge in [-0.1, -0.05) is 6.07 Å². The number of nitrogens with one attached hydrogen (secondary N) is 3. The van der Waals surface area contributed by atoms with Crippen molar-refractivity contribution in [1.29, 1.82) is 0 Å². The molecule has 0 unspecified atom stereocenters. The Morgan fingerprint density at radius 3 is 2.20 bits per heavy atom. The Labute approximate surface area is 146 Å². The van der Waals surface area contributed by atoms with Crippen LogP contribution in [-0.2, 0) is 0 Å². The number of anilines is 1. The molecule has 0 aliphatic rings. The highest BCUT2D eigenvalue weighted by Gasteiger charge is 2.12. The van der Waals surface area contributed by atoms with Crippen molar-refractivity contribution < 1.29 is 14.6 Å². The number of carbonyl (C=O) groups is 1. The summed E-state index contributed by atoms with van der Waals surface area (Å²) in [5.74, 6) is -0.619. The van der Waals surface area contributed by atoms with Crippen molar-refractivity contribution in [3.8, 4) is 0 Å². The van der Waals surface area contributed by atoms with Gasteiger partial charge in [-0.15, -0.1) is 0 Å². The molecule has 0 heterocycles. The minimum atomic E-state index is -0.619. The molecule has 0 spiro atoms. The quantitative estimate of drug-likeness (QED) is 0.418. The Hall–Kier alpha value is -3.60. The van der Waals surface area contributed by atoms with Crippen LogP contribution < -0.4 is 16.2 Å². The average molecular weight is 361 g/mol. The van der Waals surface area contributed by atoms with Gasteiger partial charge in [-0.05, 0) is 30.4 Å². The maximum Gasteiger partial charge on any atom is 0.270 e. The second kappa shape index (κ2) is 7.79. The van der Waals surface area contributed by atoms with Gasteiger partial charge in [-0.3, -0.25) is 41.2 Å². The van der Waals surface area contributed by atoms with E-state index < -0.39 is 15.8 Å². The van der Waals surface area contributed by atoms with Crippen LogP contribution >= 0.6 is 12.2 Å². The molecule has 0 radical (unpaired) electrons. The first-order valence-electron chi connectivity index (χ1n) is 6.73. The van der Waals surface area contributed by atoms with Gasteiger partial charge in [0.2, 0.25) is 0 Å². The summed E-state index contributed by atoms with van der Waals surface area (Å²) in [6, 6.07) is 10.7. The van der Waals surface area contributed by atoms with Crippen molar-refractivity contribution in [2.75, 3.05) is 5.43 Å². The zero-order valence-corrected chi connectivity index (χ0v) is 13.3. The number of amides is 1. The van der Waals surface area contributed by atoms with Gasteiger partial charge in [0.05, 0.1) is 15.5 Å². The number of hydrazine groups is 1. The SMILES string of the molecule is O=C(NC(=S)NNc1ccc([N+](=O)[O-])cc1)c1cccc([N+](=O)[O-])c1. The number of thiocarbonyl (C=S) groups is 1. The van der Waals surface area contributed by atoms with E-state index in [1.54, 1.807) is 0 Å². The van der Waals surface area contributed by atoms with Crippen LogP contribution in [0.15, 0.2) is 48.5 Å². The van der Waals surface area contributed by atoms with E-state index in [2.05, 4.69) is 16.2 Å². The first-order valence-corrected chi connectivity index (χ1v) is 7.14. The summed E-state index contributed by atoms with van der Waals surface area (Å²) in [6.07, 6.45) is 0. The molecule has 0 saturated carbocycles. The maximum atomic E-state index is 12.0. The van der Waals surface area contributed by atoms with Crippen molar-refractivity contribution in [3.05, 3.63) is 74.3 Å². The van der Waals surface area contributed by atoms with Crippen LogP contribution in [0.2, 0.25) is 0 Å². The van der Waals surface area contributed by atoms with E-state index in [0.717, 1.165) is 6.07 Å². The standard InChI is InChI=1S/C14H11N5O5S/c20-13(9-2-1-3-12(8-9)19(23)24)15-14(25)17-16-10-4-6-11(7-5-10)18(21)22/h1-8,16H,(H2,15,17,20,25). The summed E-state index contributed by atoms with van der Waals surface area (Å²) in [6.45, 7) is 0. The summed E-state index contributed by atoms with van der Waals surface area (Å²) in [5, 5.41) is 23.5. The van der Waals surface area contributed by atoms with Crippen molar-refractivity contribution in [3.63, 3.8) is 0 Å². The monoisotopic (exact) mass is 361 g/mol. The predicted molar refractivity (Wildman–Crippen MR) is 93.0 cm³/mol. The maximum absolute atomic E-state index is 12.0. The van der Waals surface area contributed by atoms with Gasteiger partial charge in [-0.25, -0.2) is 0 Å². The molecule has 2 rings (SSSR count). The van der Waals surface area contributed by atoms with E-state index >= 15 is 0 Å². The summed E-state index contributed by atoms with van der Waals surface area (Å²) >= 11 is 4.93. The number of hydrogen-bond acceptors (Lipinski definition) is 7. The van der Waals surface area contributed by atoms with Gasteiger partial charge in [0.1, 0.15) is 0 Å². The third-order valence-corrected chi connectivity index (χ3v) is 3.15. The van der Waals surface area contributed by atoms with Crippen LogP contribution in [0.4, 0.5) is 17.1 Å². The lowest BCUT2D eigenvalue weighted by molar-refractivity contribution is -0.385. The van der Waals surface area contributed by atoms with E-state index in [-0.39, 0.29) is 22.1 Å². The third-order valence-electron chi connectivity index (χ3n) is 2.94. The Morgan fingerprint density at radius 2 is 1.60 bits per heavy atom. The van der Waals surface area contributed by atoms with Gasteiger partial charge < -0.3 is 0 Å². The van der Waals surface area contributed by atoms with Gasteiger partial charge in [0.15, 0.2) is 5.11 Å². The molecule has 0 bridgehead atoms. The van der Waals surface area contributed by atoms with Crippen molar-refractivity contribution in [1.82, 2.24) is 10.7 Å². The molecule has 128 valence electrons. The molecule has 0 saturated heterocycles. The molecule has 3 N–H and O–H groups in total. The fraction of sp³-hybridized carbons (Fsp3) is 0. The molecule has 0 aliphatic heterocycles. The zero-order valence-electron chi connectivity index (χ0n) is 12.5. The van der Waals surface area contributed by atoms with Crippen molar-refractivity contribution >= 4 is 40.3 Å². The lowest BCUT2D eigenvalue weighted by Gasteiger charge is -2.11. The van der Waals surface area contributed by atoms with E-state index in [0.29, 0.717) is 5.69 Å². The zero-order chi connectivity index (χ0) is 18.4.